The lowest BCUT2D eigenvalue weighted by Gasteiger charge is -2.09. The number of carbonyl (C=O) groups excluding carboxylic acids is 1. The molecule has 1 aliphatic carbocycles. The van der Waals surface area contributed by atoms with Crippen LogP contribution in [0.2, 0.25) is 0 Å². The summed E-state index contributed by atoms with van der Waals surface area (Å²) in [5, 5.41) is 16.7. The van der Waals surface area contributed by atoms with E-state index in [1.54, 1.807) is 29.1 Å². The third-order valence-corrected chi connectivity index (χ3v) is 3.62. The first-order chi connectivity index (χ1) is 10.1. The second-order valence-corrected chi connectivity index (χ2v) is 5.35. The van der Waals surface area contributed by atoms with E-state index in [2.05, 4.69) is 10.4 Å². The summed E-state index contributed by atoms with van der Waals surface area (Å²) in [6, 6.07) is 8.88. The van der Waals surface area contributed by atoms with E-state index in [0.717, 1.165) is 18.5 Å². The Kier molecular flexibility index (Phi) is 3.62. The molecule has 1 fully saturated rings. The van der Waals surface area contributed by atoms with Crippen LogP contribution in [-0.2, 0) is 0 Å². The van der Waals surface area contributed by atoms with Gasteiger partial charge in [0.1, 0.15) is 0 Å². The maximum Gasteiger partial charge on any atom is 0.271 e. The van der Waals surface area contributed by atoms with Gasteiger partial charge >= 0.3 is 0 Å². The fourth-order valence-corrected chi connectivity index (χ4v) is 2.15. The van der Waals surface area contributed by atoms with Crippen LogP contribution in [0.1, 0.15) is 23.3 Å². The van der Waals surface area contributed by atoms with Gasteiger partial charge in [-0.2, -0.15) is 5.10 Å². The quantitative estimate of drug-likeness (QED) is 0.714. The van der Waals surface area contributed by atoms with Crippen molar-refractivity contribution in [3.05, 3.63) is 42.2 Å². The summed E-state index contributed by atoms with van der Waals surface area (Å²) in [4.78, 5) is 12.0. The minimum atomic E-state index is -0.451. The van der Waals surface area contributed by atoms with E-state index >= 15 is 0 Å². The maximum absolute atomic E-state index is 12.0. The van der Waals surface area contributed by atoms with E-state index in [4.69, 9.17) is 5.73 Å². The van der Waals surface area contributed by atoms with Crippen LogP contribution >= 0.6 is 0 Å². The summed E-state index contributed by atoms with van der Waals surface area (Å²) in [7, 11) is 0. The number of aromatic nitrogens is 2. The molecular weight excluding hydrogens is 268 g/mol. The molecule has 6 heteroatoms. The molecule has 1 aromatic carbocycles. The van der Waals surface area contributed by atoms with Gasteiger partial charge in [-0.1, -0.05) is 0 Å². The lowest BCUT2D eigenvalue weighted by molar-refractivity contribution is 0.0896. The summed E-state index contributed by atoms with van der Waals surface area (Å²) in [5.41, 5.74) is 7.48. The molecule has 1 aliphatic rings. The number of nitrogens with two attached hydrogens (primary N) is 1. The predicted octanol–water partition coefficient (Wildman–Crippen LogP) is 0.955. The molecule has 1 aromatic heterocycles. The lowest BCUT2D eigenvalue weighted by atomic mass is 10.2. The van der Waals surface area contributed by atoms with Crippen LogP contribution in [0.15, 0.2) is 36.5 Å². The topological polar surface area (TPSA) is 93.2 Å². The first kappa shape index (κ1) is 13.6. The molecule has 1 amide bonds. The smallest absolute Gasteiger partial charge is 0.271 e. The van der Waals surface area contributed by atoms with Crippen molar-refractivity contribution in [2.75, 3.05) is 12.3 Å². The standard InChI is InChI=1S/C15H18N4O2/c16-11-3-5-12(6-4-11)19-8-7-13(18-19)15(21)17-9-14(20)10-1-2-10/h3-8,10,14,20H,1-2,9,16H2,(H,17,21). The van der Waals surface area contributed by atoms with Crippen LogP contribution in [0.25, 0.3) is 5.69 Å². The zero-order valence-electron chi connectivity index (χ0n) is 11.6. The third kappa shape index (κ3) is 3.22. The average Bonchev–Trinajstić information content (AvgIpc) is 3.23. The number of amides is 1. The number of hydrogen-bond donors (Lipinski definition) is 3. The summed E-state index contributed by atoms with van der Waals surface area (Å²) in [6.45, 7) is 0.276. The first-order valence-electron chi connectivity index (χ1n) is 7.01. The van der Waals surface area contributed by atoms with Gasteiger partial charge in [0.05, 0.1) is 11.8 Å². The molecule has 110 valence electrons. The number of anilines is 1. The Morgan fingerprint density at radius 1 is 1.38 bits per heavy atom. The second-order valence-electron chi connectivity index (χ2n) is 5.35. The van der Waals surface area contributed by atoms with Crippen molar-refractivity contribution in [3.8, 4) is 5.69 Å². The molecule has 1 atom stereocenters. The Hall–Kier alpha value is -2.34. The number of aliphatic hydroxyl groups is 1. The molecule has 0 radical (unpaired) electrons. The van der Waals surface area contributed by atoms with E-state index in [1.807, 2.05) is 12.1 Å². The minimum Gasteiger partial charge on any atom is -0.399 e. The van der Waals surface area contributed by atoms with Crippen LogP contribution in [0.4, 0.5) is 5.69 Å². The Labute approximate surface area is 122 Å². The highest BCUT2D eigenvalue weighted by Gasteiger charge is 2.29. The summed E-state index contributed by atoms with van der Waals surface area (Å²) < 4.78 is 1.62. The number of hydrogen-bond acceptors (Lipinski definition) is 4. The first-order valence-corrected chi connectivity index (χ1v) is 7.01. The van der Waals surface area contributed by atoms with Gasteiger partial charge in [-0.25, -0.2) is 4.68 Å². The molecule has 0 saturated heterocycles. The van der Waals surface area contributed by atoms with Gasteiger partial charge in [0, 0.05) is 18.4 Å². The van der Waals surface area contributed by atoms with E-state index in [1.165, 1.54) is 0 Å². The fourth-order valence-electron chi connectivity index (χ4n) is 2.15. The van der Waals surface area contributed by atoms with E-state index in [0.29, 0.717) is 17.3 Å². The molecular formula is C15H18N4O2. The number of aliphatic hydroxyl groups excluding tert-OH is 1. The second kappa shape index (κ2) is 5.57. The Morgan fingerprint density at radius 2 is 2.10 bits per heavy atom. The molecule has 1 saturated carbocycles. The van der Waals surface area contributed by atoms with Crippen LogP contribution in [-0.4, -0.2) is 33.4 Å². The van der Waals surface area contributed by atoms with E-state index < -0.39 is 6.10 Å². The highest BCUT2D eigenvalue weighted by Crippen LogP contribution is 2.32. The molecule has 4 N–H and O–H groups in total. The normalized spacial score (nSPS) is 15.7. The molecule has 1 unspecified atom stereocenters. The van der Waals surface area contributed by atoms with Gasteiger partial charge in [0.25, 0.3) is 5.91 Å². The Morgan fingerprint density at radius 3 is 2.76 bits per heavy atom. The molecule has 0 spiro atoms. The van der Waals surface area contributed by atoms with Gasteiger partial charge < -0.3 is 16.2 Å². The van der Waals surface area contributed by atoms with Crippen molar-refractivity contribution < 1.29 is 9.90 Å². The van der Waals surface area contributed by atoms with Gasteiger partial charge in [-0.3, -0.25) is 4.79 Å². The zero-order chi connectivity index (χ0) is 14.8. The predicted molar refractivity (Wildman–Crippen MR) is 79.0 cm³/mol. The van der Waals surface area contributed by atoms with E-state index in [9.17, 15) is 9.90 Å². The SMILES string of the molecule is Nc1ccc(-n2ccc(C(=O)NCC(O)C3CC3)n2)cc1. The summed E-state index contributed by atoms with van der Waals surface area (Å²) in [5.74, 6) is 0.0709. The lowest BCUT2D eigenvalue weighted by Crippen LogP contribution is -2.33. The van der Waals surface area contributed by atoms with Gasteiger partial charge in [0.2, 0.25) is 0 Å². The van der Waals surface area contributed by atoms with Crippen LogP contribution in [0.3, 0.4) is 0 Å². The number of benzene rings is 1. The Bertz CT molecular complexity index is 631. The van der Waals surface area contributed by atoms with Crippen molar-refractivity contribution in [2.45, 2.75) is 18.9 Å². The number of nitrogen functional groups attached to an aromatic ring is 1. The molecule has 3 rings (SSSR count). The third-order valence-electron chi connectivity index (χ3n) is 3.62. The summed E-state index contributed by atoms with van der Waals surface area (Å²) >= 11 is 0. The molecule has 6 nitrogen and oxygen atoms in total. The summed E-state index contributed by atoms with van der Waals surface area (Å²) in [6.07, 6.45) is 3.36. The molecule has 0 bridgehead atoms. The highest BCUT2D eigenvalue weighted by molar-refractivity contribution is 5.92. The van der Waals surface area contributed by atoms with Crippen molar-refractivity contribution in [1.82, 2.24) is 15.1 Å². The van der Waals surface area contributed by atoms with Gasteiger partial charge in [-0.15, -0.1) is 0 Å². The largest absolute Gasteiger partial charge is 0.399 e. The molecule has 2 aromatic rings. The Balaban J connectivity index is 1.63. The fraction of sp³-hybridized carbons (Fsp3) is 0.333. The number of nitrogens with one attached hydrogen (secondary N) is 1. The van der Waals surface area contributed by atoms with Crippen molar-refractivity contribution >= 4 is 11.6 Å². The number of carbonyl (C=O) groups is 1. The van der Waals surface area contributed by atoms with Crippen LogP contribution in [0.5, 0.6) is 0 Å². The zero-order valence-corrected chi connectivity index (χ0v) is 11.6. The monoisotopic (exact) mass is 286 g/mol. The number of rotatable bonds is 5. The minimum absolute atomic E-state index is 0.274. The van der Waals surface area contributed by atoms with Crippen molar-refractivity contribution in [3.63, 3.8) is 0 Å². The maximum atomic E-state index is 12.0. The van der Waals surface area contributed by atoms with E-state index in [-0.39, 0.29) is 12.5 Å². The van der Waals surface area contributed by atoms with Crippen molar-refractivity contribution in [2.24, 2.45) is 5.92 Å². The highest BCUT2D eigenvalue weighted by atomic mass is 16.3. The van der Waals surface area contributed by atoms with Gasteiger partial charge in [-0.05, 0) is 49.1 Å². The van der Waals surface area contributed by atoms with Gasteiger partial charge in [0.15, 0.2) is 5.69 Å². The van der Waals surface area contributed by atoms with Crippen molar-refractivity contribution in [1.29, 1.82) is 0 Å². The molecule has 21 heavy (non-hydrogen) atoms. The average molecular weight is 286 g/mol. The molecule has 0 aliphatic heterocycles. The molecule has 1 heterocycles. The van der Waals surface area contributed by atoms with Crippen LogP contribution in [0, 0.1) is 5.92 Å². The van der Waals surface area contributed by atoms with Crippen LogP contribution < -0.4 is 11.1 Å². The number of nitrogens with zero attached hydrogens (tertiary/aromatic N) is 2.